The molecule has 6 heteroatoms. The minimum atomic E-state index is -0.521. The molecule has 4 nitrogen and oxygen atoms in total. The number of nitrogens with one attached hydrogen (secondary N) is 1. The van der Waals surface area contributed by atoms with Crippen molar-refractivity contribution in [3.8, 4) is 0 Å². The molecule has 0 aliphatic rings. The summed E-state index contributed by atoms with van der Waals surface area (Å²) in [4.78, 5) is 20.8. The zero-order chi connectivity index (χ0) is 15.5. The Balaban J connectivity index is 0.000000367. The summed E-state index contributed by atoms with van der Waals surface area (Å²) in [6.07, 6.45) is 2.35. The number of hydrogen-bond donors (Lipinski definition) is 1. The maximum atomic E-state index is 10.8. The molecular weight excluding hydrogens is 342 g/mol. The number of amides is 1. The molecule has 0 unspecified atom stereocenters. The predicted octanol–water partition coefficient (Wildman–Crippen LogP) is 2.70. The van der Waals surface area contributed by atoms with Gasteiger partial charge in [-0.2, -0.15) is 11.8 Å². The number of aryl methyl sites for hydroxylation is 2. The number of rotatable bonds is 5. The highest BCUT2D eigenvalue weighted by Gasteiger charge is 2.16. The number of benzene rings is 1. The van der Waals surface area contributed by atoms with Crippen LogP contribution in [0.4, 0.5) is 0 Å². The third-order valence-electron chi connectivity index (χ3n) is 2.40. The first-order valence-electron chi connectivity index (χ1n) is 5.95. The number of carbonyl (C=O) groups is 2. The molecule has 0 saturated carbocycles. The van der Waals surface area contributed by atoms with Gasteiger partial charge in [0.2, 0.25) is 6.41 Å². The minimum absolute atomic E-state index is 0.411. The molecule has 0 aliphatic heterocycles. The van der Waals surface area contributed by atoms with Gasteiger partial charge in [0.15, 0.2) is 0 Å². The van der Waals surface area contributed by atoms with E-state index in [2.05, 4.69) is 58.0 Å². The van der Waals surface area contributed by atoms with E-state index in [1.54, 1.807) is 0 Å². The first kappa shape index (κ1) is 19.0. The van der Waals surface area contributed by atoms with E-state index in [1.807, 2.05) is 6.26 Å². The van der Waals surface area contributed by atoms with Crippen LogP contribution < -0.4 is 5.32 Å². The second-order valence-corrected chi connectivity index (χ2v) is 5.83. The normalized spacial score (nSPS) is 10.8. The standard InChI is InChI=1S/C8H9Br.C6H11NO3S/c1-6-3-4-8(9)7(2)5-6;1-10-6(9)5(3-11-2)7-4-8/h3-5H,1-2H3;4-5H,3H2,1-2H3,(H,7,8)/t;5-/m.0/s1. The molecule has 0 aromatic heterocycles. The fourth-order valence-corrected chi connectivity index (χ4v) is 2.18. The van der Waals surface area contributed by atoms with Crippen LogP contribution in [-0.4, -0.2) is 37.5 Å². The van der Waals surface area contributed by atoms with Crippen LogP contribution in [-0.2, 0) is 14.3 Å². The van der Waals surface area contributed by atoms with Gasteiger partial charge in [-0.25, -0.2) is 4.79 Å². The smallest absolute Gasteiger partial charge is 0.329 e. The largest absolute Gasteiger partial charge is 0.467 e. The summed E-state index contributed by atoms with van der Waals surface area (Å²) < 4.78 is 5.63. The van der Waals surface area contributed by atoms with Gasteiger partial charge < -0.3 is 10.1 Å². The maximum Gasteiger partial charge on any atom is 0.329 e. The molecule has 0 aliphatic carbocycles. The average molecular weight is 362 g/mol. The van der Waals surface area contributed by atoms with E-state index in [9.17, 15) is 9.59 Å². The number of ether oxygens (including phenoxy) is 1. The van der Waals surface area contributed by atoms with Crippen molar-refractivity contribution < 1.29 is 14.3 Å². The molecule has 1 rings (SSSR count). The van der Waals surface area contributed by atoms with E-state index in [-0.39, 0.29) is 0 Å². The molecule has 0 spiro atoms. The van der Waals surface area contributed by atoms with Crippen molar-refractivity contribution in [3.05, 3.63) is 33.8 Å². The van der Waals surface area contributed by atoms with Crippen molar-refractivity contribution in [2.24, 2.45) is 0 Å². The first-order chi connectivity index (χ1) is 9.46. The Morgan fingerprint density at radius 1 is 1.50 bits per heavy atom. The molecule has 20 heavy (non-hydrogen) atoms. The van der Waals surface area contributed by atoms with E-state index in [4.69, 9.17) is 0 Å². The van der Waals surface area contributed by atoms with Gasteiger partial charge in [-0.05, 0) is 31.7 Å². The van der Waals surface area contributed by atoms with Crippen LogP contribution in [0.25, 0.3) is 0 Å². The van der Waals surface area contributed by atoms with Gasteiger partial charge in [0, 0.05) is 10.2 Å². The van der Waals surface area contributed by atoms with Gasteiger partial charge >= 0.3 is 5.97 Å². The van der Waals surface area contributed by atoms with Crippen LogP contribution in [0.3, 0.4) is 0 Å². The molecule has 0 bridgehead atoms. The van der Waals surface area contributed by atoms with Crippen LogP contribution in [0.5, 0.6) is 0 Å². The van der Waals surface area contributed by atoms with Crippen molar-refractivity contribution in [1.29, 1.82) is 0 Å². The lowest BCUT2D eigenvalue weighted by atomic mass is 10.2. The van der Waals surface area contributed by atoms with Crippen molar-refractivity contribution in [2.45, 2.75) is 19.9 Å². The third kappa shape index (κ3) is 7.55. The number of carbonyl (C=O) groups excluding carboxylic acids is 2. The number of methoxy groups -OCH3 is 1. The zero-order valence-electron chi connectivity index (χ0n) is 12.1. The number of hydrogen-bond acceptors (Lipinski definition) is 4. The molecule has 1 amide bonds. The molecule has 1 aromatic carbocycles. The Labute approximate surface area is 132 Å². The summed E-state index contributed by atoms with van der Waals surface area (Å²) in [5, 5.41) is 2.36. The van der Waals surface area contributed by atoms with Crippen LogP contribution in [0.2, 0.25) is 0 Å². The first-order valence-corrected chi connectivity index (χ1v) is 8.14. The van der Waals surface area contributed by atoms with Gasteiger partial charge in [0.1, 0.15) is 6.04 Å². The highest BCUT2D eigenvalue weighted by molar-refractivity contribution is 9.10. The van der Waals surface area contributed by atoms with Crippen molar-refractivity contribution >= 4 is 40.1 Å². The Kier molecular flexibility index (Phi) is 10.2. The lowest BCUT2D eigenvalue weighted by molar-refractivity contribution is -0.143. The Hall–Kier alpha value is -1.01. The van der Waals surface area contributed by atoms with Gasteiger partial charge in [-0.15, -0.1) is 0 Å². The summed E-state index contributed by atoms with van der Waals surface area (Å²) in [5.41, 5.74) is 2.62. The summed E-state index contributed by atoms with van der Waals surface area (Å²) >= 11 is 4.90. The minimum Gasteiger partial charge on any atom is -0.467 e. The molecule has 0 fully saturated rings. The van der Waals surface area contributed by atoms with Crippen molar-refractivity contribution in [3.63, 3.8) is 0 Å². The van der Waals surface area contributed by atoms with Crippen LogP contribution in [0.15, 0.2) is 22.7 Å². The lowest BCUT2D eigenvalue weighted by Crippen LogP contribution is -2.38. The summed E-state index contributed by atoms with van der Waals surface area (Å²) in [6, 6.07) is 5.80. The van der Waals surface area contributed by atoms with Crippen molar-refractivity contribution in [1.82, 2.24) is 5.32 Å². The van der Waals surface area contributed by atoms with E-state index in [0.29, 0.717) is 12.2 Å². The Morgan fingerprint density at radius 3 is 2.55 bits per heavy atom. The average Bonchev–Trinajstić information content (AvgIpc) is 2.43. The fourth-order valence-electron chi connectivity index (χ4n) is 1.37. The zero-order valence-corrected chi connectivity index (χ0v) is 14.5. The van der Waals surface area contributed by atoms with E-state index in [1.165, 1.54) is 34.5 Å². The van der Waals surface area contributed by atoms with Crippen LogP contribution in [0.1, 0.15) is 11.1 Å². The molecule has 112 valence electrons. The second kappa shape index (κ2) is 10.7. The molecular formula is C14H20BrNO3S. The fraction of sp³-hybridized carbons (Fsp3) is 0.429. The molecule has 0 radical (unpaired) electrons. The van der Waals surface area contributed by atoms with Gasteiger partial charge in [-0.1, -0.05) is 33.6 Å². The Bertz CT molecular complexity index is 440. The molecule has 1 aromatic rings. The summed E-state index contributed by atoms with van der Waals surface area (Å²) in [5.74, 6) is 0.122. The summed E-state index contributed by atoms with van der Waals surface area (Å²) in [7, 11) is 1.29. The monoisotopic (exact) mass is 361 g/mol. The van der Waals surface area contributed by atoms with Gasteiger partial charge in [0.05, 0.1) is 7.11 Å². The SMILES string of the molecule is COC(=O)[C@H](CSC)NC=O.Cc1ccc(Br)c(C)c1. The molecule has 1 N–H and O–H groups in total. The van der Waals surface area contributed by atoms with E-state index in [0.717, 1.165) is 0 Å². The molecule has 0 saturated heterocycles. The van der Waals surface area contributed by atoms with Crippen LogP contribution in [0, 0.1) is 13.8 Å². The molecule has 0 heterocycles. The van der Waals surface area contributed by atoms with Gasteiger partial charge in [0.25, 0.3) is 0 Å². The number of thioether (sulfide) groups is 1. The van der Waals surface area contributed by atoms with Gasteiger partial charge in [-0.3, -0.25) is 4.79 Å². The summed E-state index contributed by atoms with van der Waals surface area (Å²) in [6.45, 7) is 4.19. The van der Waals surface area contributed by atoms with Crippen LogP contribution >= 0.6 is 27.7 Å². The molecule has 1 atom stereocenters. The second-order valence-electron chi connectivity index (χ2n) is 4.07. The number of esters is 1. The highest BCUT2D eigenvalue weighted by atomic mass is 79.9. The quantitative estimate of drug-likeness (QED) is 0.647. The highest BCUT2D eigenvalue weighted by Crippen LogP contribution is 2.15. The topological polar surface area (TPSA) is 55.4 Å². The van der Waals surface area contributed by atoms with Crippen molar-refractivity contribution in [2.75, 3.05) is 19.1 Å². The maximum absolute atomic E-state index is 10.8. The van der Waals surface area contributed by atoms with E-state index < -0.39 is 12.0 Å². The van der Waals surface area contributed by atoms with E-state index >= 15 is 0 Å². The lowest BCUT2D eigenvalue weighted by Gasteiger charge is -2.10. The predicted molar refractivity (Wildman–Crippen MR) is 87.0 cm³/mol. The number of halogens is 1. The Morgan fingerprint density at radius 2 is 2.15 bits per heavy atom. The third-order valence-corrected chi connectivity index (χ3v) is 3.96.